The highest BCUT2D eigenvalue weighted by Crippen LogP contribution is 2.45. The van der Waals surface area contributed by atoms with Crippen LogP contribution >= 0.6 is 0 Å². The standard InChI is InChI=1S/C18H26FNO/c1-2-11-20-16-13-18(9-5-3-4-6-10-18)21-17-12-14(19)7-8-15(16)17/h7-8,12,16,20H,2-6,9-11,13H2,1H3. The third-order valence-corrected chi connectivity index (χ3v) is 4.91. The fraction of sp³-hybridized carbons (Fsp3) is 0.667. The van der Waals surface area contributed by atoms with Gasteiger partial charge in [0, 0.05) is 24.1 Å². The van der Waals surface area contributed by atoms with Crippen LogP contribution in [0.15, 0.2) is 18.2 Å². The Labute approximate surface area is 127 Å². The van der Waals surface area contributed by atoms with Gasteiger partial charge in [-0.3, -0.25) is 0 Å². The van der Waals surface area contributed by atoms with E-state index >= 15 is 0 Å². The molecule has 1 saturated carbocycles. The largest absolute Gasteiger partial charge is 0.487 e. The SMILES string of the molecule is CCCNC1CC2(CCCCCC2)Oc2cc(F)ccc21. The quantitative estimate of drug-likeness (QED) is 0.868. The van der Waals surface area contributed by atoms with E-state index in [0.29, 0.717) is 6.04 Å². The van der Waals surface area contributed by atoms with Crippen molar-refractivity contribution < 1.29 is 9.13 Å². The molecule has 1 atom stereocenters. The van der Waals surface area contributed by atoms with Gasteiger partial charge in [0.2, 0.25) is 0 Å². The van der Waals surface area contributed by atoms with E-state index in [4.69, 9.17) is 4.74 Å². The second kappa shape index (κ2) is 6.35. The number of halogens is 1. The summed E-state index contributed by atoms with van der Waals surface area (Å²) in [6.45, 7) is 3.18. The molecule has 0 aromatic heterocycles. The van der Waals surface area contributed by atoms with Gasteiger partial charge in [-0.1, -0.05) is 25.8 Å². The number of benzene rings is 1. The van der Waals surface area contributed by atoms with Crippen LogP contribution in [-0.2, 0) is 0 Å². The summed E-state index contributed by atoms with van der Waals surface area (Å²) in [6, 6.07) is 5.31. The van der Waals surface area contributed by atoms with Crippen LogP contribution in [0.1, 0.15) is 69.9 Å². The van der Waals surface area contributed by atoms with Gasteiger partial charge >= 0.3 is 0 Å². The lowest BCUT2D eigenvalue weighted by Crippen LogP contribution is -2.44. The Morgan fingerprint density at radius 1 is 1.24 bits per heavy atom. The first-order valence-corrected chi connectivity index (χ1v) is 8.44. The van der Waals surface area contributed by atoms with Gasteiger partial charge < -0.3 is 10.1 Å². The van der Waals surface area contributed by atoms with Crippen molar-refractivity contribution in [2.24, 2.45) is 0 Å². The average Bonchev–Trinajstić information content (AvgIpc) is 2.70. The van der Waals surface area contributed by atoms with Crippen molar-refractivity contribution in [3.05, 3.63) is 29.6 Å². The molecule has 0 saturated heterocycles. The van der Waals surface area contributed by atoms with Gasteiger partial charge in [-0.2, -0.15) is 0 Å². The molecule has 1 aromatic carbocycles. The first-order valence-electron chi connectivity index (χ1n) is 8.44. The smallest absolute Gasteiger partial charge is 0.127 e. The van der Waals surface area contributed by atoms with Crippen molar-refractivity contribution >= 4 is 0 Å². The zero-order valence-corrected chi connectivity index (χ0v) is 13.0. The van der Waals surface area contributed by atoms with Crippen LogP contribution in [0, 0.1) is 5.82 Å². The Hall–Kier alpha value is -1.09. The molecule has 0 bridgehead atoms. The highest BCUT2D eigenvalue weighted by atomic mass is 19.1. The molecule has 116 valence electrons. The average molecular weight is 291 g/mol. The summed E-state index contributed by atoms with van der Waals surface area (Å²) in [4.78, 5) is 0. The molecular formula is C18H26FNO. The van der Waals surface area contributed by atoms with E-state index in [9.17, 15) is 4.39 Å². The van der Waals surface area contributed by atoms with Crippen molar-refractivity contribution in [2.75, 3.05) is 6.54 Å². The maximum Gasteiger partial charge on any atom is 0.127 e. The lowest BCUT2D eigenvalue weighted by atomic mass is 9.82. The first-order chi connectivity index (χ1) is 10.2. The second-order valence-corrected chi connectivity index (χ2v) is 6.59. The molecule has 3 rings (SSSR count). The minimum Gasteiger partial charge on any atom is -0.487 e. The van der Waals surface area contributed by atoms with Crippen LogP contribution in [0.3, 0.4) is 0 Å². The van der Waals surface area contributed by atoms with Gasteiger partial charge in [0.15, 0.2) is 0 Å². The first kappa shape index (κ1) is 14.8. The van der Waals surface area contributed by atoms with Gasteiger partial charge in [0.1, 0.15) is 17.2 Å². The Kier molecular flexibility index (Phi) is 4.48. The predicted molar refractivity (Wildman–Crippen MR) is 83.1 cm³/mol. The van der Waals surface area contributed by atoms with Gasteiger partial charge in [0.05, 0.1) is 0 Å². The zero-order valence-electron chi connectivity index (χ0n) is 13.0. The highest BCUT2D eigenvalue weighted by Gasteiger charge is 2.40. The van der Waals surface area contributed by atoms with Crippen LogP contribution < -0.4 is 10.1 Å². The molecule has 1 heterocycles. The van der Waals surface area contributed by atoms with Crippen LogP contribution in [0.5, 0.6) is 5.75 Å². The molecule has 0 radical (unpaired) electrons. The summed E-state index contributed by atoms with van der Waals surface area (Å²) in [5.74, 6) is 0.561. The number of nitrogens with one attached hydrogen (secondary N) is 1. The normalized spacial score (nSPS) is 24.2. The third kappa shape index (κ3) is 3.23. The summed E-state index contributed by atoms with van der Waals surface area (Å²) in [5, 5.41) is 3.64. The molecule has 1 aliphatic carbocycles. The minimum atomic E-state index is -0.200. The molecule has 1 unspecified atom stereocenters. The van der Waals surface area contributed by atoms with Crippen LogP contribution in [-0.4, -0.2) is 12.1 Å². The van der Waals surface area contributed by atoms with Gasteiger partial charge in [-0.25, -0.2) is 4.39 Å². The number of ether oxygens (including phenoxy) is 1. The van der Waals surface area contributed by atoms with Crippen molar-refractivity contribution in [3.63, 3.8) is 0 Å². The van der Waals surface area contributed by atoms with Gasteiger partial charge in [-0.15, -0.1) is 0 Å². The molecular weight excluding hydrogens is 265 g/mol. The Morgan fingerprint density at radius 3 is 2.71 bits per heavy atom. The Morgan fingerprint density at radius 2 is 2.00 bits per heavy atom. The third-order valence-electron chi connectivity index (χ3n) is 4.91. The molecule has 1 aromatic rings. The summed E-state index contributed by atoms with van der Waals surface area (Å²) in [6.07, 6.45) is 9.39. The van der Waals surface area contributed by atoms with Crippen molar-refractivity contribution in [1.82, 2.24) is 5.32 Å². The van der Waals surface area contributed by atoms with E-state index in [1.54, 1.807) is 12.1 Å². The maximum absolute atomic E-state index is 13.6. The highest BCUT2D eigenvalue weighted by molar-refractivity contribution is 5.39. The van der Waals surface area contributed by atoms with E-state index in [-0.39, 0.29) is 11.4 Å². The molecule has 2 aliphatic rings. The number of hydrogen-bond donors (Lipinski definition) is 1. The summed E-state index contributed by atoms with van der Waals surface area (Å²) >= 11 is 0. The van der Waals surface area contributed by atoms with E-state index in [2.05, 4.69) is 12.2 Å². The van der Waals surface area contributed by atoms with Gasteiger partial charge in [-0.05, 0) is 44.7 Å². The minimum absolute atomic E-state index is 0.0807. The topological polar surface area (TPSA) is 21.3 Å². The lowest BCUT2D eigenvalue weighted by molar-refractivity contribution is 0.0158. The summed E-state index contributed by atoms with van der Waals surface area (Å²) in [7, 11) is 0. The van der Waals surface area contributed by atoms with E-state index in [0.717, 1.165) is 43.5 Å². The fourth-order valence-electron chi connectivity index (χ4n) is 3.82. The molecule has 0 amide bonds. The molecule has 1 aliphatic heterocycles. The number of fused-ring (bicyclic) bond motifs is 1. The van der Waals surface area contributed by atoms with Crippen LogP contribution in [0.4, 0.5) is 4.39 Å². The van der Waals surface area contributed by atoms with Crippen molar-refractivity contribution in [3.8, 4) is 5.75 Å². The molecule has 21 heavy (non-hydrogen) atoms. The Balaban J connectivity index is 1.90. The number of hydrogen-bond acceptors (Lipinski definition) is 2. The molecule has 1 N–H and O–H groups in total. The fourth-order valence-corrected chi connectivity index (χ4v) is 3.82. The van der Waals surface area contributed by atoms with E-state index in [1.165, 1.54) is 25.7 Å². The molecule has 1 fully saturated rings. The Bertz CT molecular complexity index is 480. The van der Waals surface area contributed by atoms with Crippen molar-refractivity contribution in [1.29, 1.82) is 0 Å². The van der Waals surface area contributed by atoms with Crippen molar-refractivity contribution in [2.45, 2.75) is 69.9 Å². The molecule has 3 heteroatoms. The summed E-state index contributed by atoms with van der Waals surface area (Å²) in [5.41, 5.74) is 1.04. The van der Waals surface area contributed by atoms with E-state index in [1.807, 2.05) is 6.07 Å². The number of rotatable bonds is 3. The zero-order chi connectivity index (χ0) is 14.7. The van der Waals surface area contributed by atoms with Crippen LogP contribution in [0.25, 0.3) is 0 Å². The maximum atomic E-state index is 13.6. The molecule has 2 nitrogen and oxygen atoms in total. The predicted octanol–water partition coefficient (Wildman–Crippen LogP) is 4.74. The summed E-state index contributed by atoms with van der Waals surface area (Å²) < 4.78 is 20.0. The molecule has 1 spiro atoms. The van der Waals surface area contributed by atoms with Crippen LogP contribution in [0.2, 0.25) is 0 Å². The lowest BCUT2D eigenvalue weighted by Gasteiger charge is -2.42. The van der Waals surface area contributed by atoms with E-state index < -0.39 is 0 Å². The monoisotopic (exact) mass is 291 g/mol. The second-order valence-electron chi connectivity index (χ2n) is 6.59. The van der Waals surface area contributed by atoms with Gasteiger partial charge in [0.25, 0.3) is 0 Å².